The van der Waals surface area contributed by atoms with Gasteiger partial charge < -0.3 is 15.5 Å². The Balaban J connectivity index is 2.16. The first-order chi connectivity index (χ1) is 11.3. The summed E-state index contributed by atoms with van der Waals surface area (Å²) in [6, 6.07) is 4.17. The van der Waals surface area contributed by atoms with Gasteiger partial charge in [0.25, 0.3) is 5.91 Å². The lowest BCUT2D eigenvalue weighted by Gasteiger charge is -2.08. The molecule has 0 aliphatic carbocycles. The van der Waals surface area contributed by atoms with Gasteiger partial charge in [-0.15, -0.1) is 0 Å². The molecule has 0 aliphatic heterocycles. The second-order valence-corrected chi connectivity index (χ2v) is 5.09. The molecule has 124 valence electrons. The Bertz CT molecular complexity index is 851. The minimum atomic E-state index is -1.15. The number of anilines is 1. The first-order valence-electron chi connectivity index (χ1n) is 6.87. The van der Waals surface area contributed by atoms with Crippen molar-refractivity contribution in [2.45, 2.75) is 6.92 Å². The van der Waals surface area contributed by atoms with E-state index in [-0.39, 0.29) is 17.0 Å². The van der Waals surface area contributed by atoms with Crippen molar-refractivity contribution in [3.05, 3.63) is 53.4 Å². The minimum absolute atomic E-state index is 0.0166. The van der Waals surface area contributed by atoms with Gasteiger partial charge in [0.1, 0.15) is 5.76 Å². The number of aromatic nitrogens is 2. The Labute approximate surface area is 137 Å². The maximum Gasteiger partial charge on any atom is 0.335 e. The van der Waals surface area contributed by atoms with Crippen LogP contribution in [0.1, 0.15) is 21.5 Å². The van der Waals surface area contributed by atoms with E-state index in [4.69, 9.17) is 5.11 Å². The Hall–Kier alpha value is -3.42. The fourth-order valence-corrected chi connectivity index (χ4v) is 1.90. The van der Waals surface area contributed by atoms with Crippen molar-refractivity contribution < 1.29 is 24.6 Å². The van der Waals surface area contributed by atoms with Crippen LogP contribution in [-0.4, -0.2) is 37.7 Å². The van der Waals surface area contributed by atoms with Crippen molar-refractivity contribution in [2.75, 3.05) is 5.32 Å². The van der Waals surface area contributed by atoms with Crippen LogP contribution >= 0.6 is 0 Å². The Morgan fingerprint density at radius 2 is 1.92 bits per heavy atom. The van der Waals surface area contributed by atoms with E-state index in [1.165, 1.54) is 35.3 Å². The maximum absolute atomic E-state index is 11.9. The van der Waals surface area contributed by atoms with Crippen LogP contribution in [0, 0.1) is 6.92 Å². The largest absolute Gasteiger partial charge is 0.507 e. The highest BCUT2D eigenvalue weighted by molar-refractivity contribution is 6.45. The summed E-state index contributed by atoms with van der Waals surface area (Å²) in [5.41, 5.74) is 1.09. The molecule has 2 aromatic rings. The normalized spacial score (nSPS) is 11.2. The lowest BCUT2D eigenvalue weighted by atomic mass is 10.1. The molecule has 0 bridgehead atoms. The third-order valence-corrected chi connectivity index (χ3v) is 3.22. The molecule has 1 aromatic heterocycles. The molecule has 0 saturated carbocycles. The van der Waals surface area contributed by atoms with E-state index in [9.17, 15) is 19.5 Å². The predicted molar refractivity (Wildman–Crippen MR) is 85.6 cm³/mol. The van der Waals surface area contributed by atoms with Crippen LogP contribution in [0.5, 0.6) is 0 Å². The van der Waals surface area contributed by atoms with Gasteiger partial charge in [-0.25, -0.2) is 4.79 Å². The molecular weight excluding hydrogens is 314 g/mol. The van der Waals surface area contributed by atoms with Crippen molar-refractivity contribution in [3.8, 4) is 0 Å². The van der Waals surface area contributed by atoms with Crippen molar-refractivity contribution >= 4 is 29.1 Å². The molecule has 0 spiro atoms. The van der Waals surface area contributed by atoms with Gasteiger partial charge in [-0.1, -0.05) is 6.07 Å². The molecule has 0 fully saturated rings. The van der Waals surface area contributed by atoms with Gasteiger partial charge in [-0.2, -0.15) is 5.10 Å². The highest BCUT2D eigenvalue weighted by Crippen LogP contribution is 2.17. The maximum atomic E-state index is 11.9. The van der Waals surface area contributed by atoms with Gasteiger partial charge in [-0.3, -0.25) is 14.3 Å². The van der Waals surface area contributed by atoms with Crippen LogP contribution < -0.4 is 5.32 Å². The van der Waals surface area contributed by atoms with E-state index in [0.717, 1.165) is 6.08 Å². The van der Waals surface area contributed by atoms with E-state index in [2.05, 4.69) is 10.4 Å². The molecule has 1 heterocycles. The third kappa shape index (κ3) is 3.86. The van der Waals surface area contributed by atoms with Gasteiger partial charge in [0.15, 0.2) is 0 Å². The number of carboxylic acids is 1. The van der Waals surface area contributed by atoms with Crippen molar-refractivity contribution in [1.29, 1.82) is 0 Å². The molecule has 0 atom stereocenters. The summed E-state index contributed by atoms with van der Waals surface area (Å²) in [6.07, 6.45) is 3.61. The number of hydrogen-bond donors (Lipinski definition) is 3. The Morgan fingerprint density at radius 3 is 2.50 bits per heavy atom. The van der Waals surface area contributed by atoms with E-state index in [1.807, 2.05) is 0 Å². The second kappa shape index (κ2) is 6.78. The molecule has 24 heavy (non-hydrogen) atoms. The molecule has 1 aromatic carbocycles. The zero-order chi connectivity index (χ0) is 17.9. The van der Waals surface area contributed by atoms with Crippen LogP contribution in [0.4, 0.5) is 5.69 Å². The highest BCUT2D eigenvalue weighted by Gasteiger charge is 2.16. The van der Waals surface area contributed by atoms with Gasteiger partial charge in [0.05, 0.1) is 17.3 Å². The van der Waals surface area contributed by atoms with Crippen LogP contribution in [0.2, 0.25) is 0 Å². The van der Waals surface area contributed by atoms with Crippen LogP contribution in [0.3, 0.4) is 0 Å². The summed E-state index contributed by atoms with van der Waals surface area (Å²) in [4.78, 5) is 34.8. The number of carbonyl (C=O) groups excluding carboxylic acids is 2. The second-order valence-electron chi connectivity index (χ2n) is 5.09. The fourth-order valence-electron chi connectivity index (χ4n) is 1.90. The van der Waals surface area contributed by atoms with E-state index < -0.39 is 17.7 Å². The Morgan fingerprint density at radius 1 is 1.21 bits per heavy atom. The number of ketones is 1. The highest BCUT2D eigenvalue weighted by atomic mass is 16.4. The number of amides is 1. The number of rotatable bonds is 5. The monoisotopic (exact) mass is 329 g/mol. The number of hydrogen-bond acceptors (Lipinski definition) is 5. The molecule has 0 unspecified atom stereocenters. The number of aliphatic hydroxyl groups excluding tert-OH is 1. The number of aliphatic hydroxyl groups is 1. The predicted octanol–water partition coefficient (Wildman–Crippen LogP) is 1.53. The summed E-state index contributed by atoms with van der Waals surface area (Å²) in [6.45, 7) is 1.66. The van der Waals surface area contributed by atoms with E-state index in [1.54, 1.807) is 14.0 Å². The molecular formula is C16H15N3O5. The number of nitrogens with zero attached hydrogens (tertiary/aromatic N) is 2. The lowest BCUT2D eigenvalue weighted by Crippen LogP contribution is -2.22. The smallest absolute Gasteiger partial charge is 0.335 e. The van der Waals surface area contributed by atoms with Crippen LogP contribution in [0.25, 0.3) is 5.76 Å². The number of benzene rings is 1. The lowest BCUT2D eigenvalue weighted by molar-refractivity contribution is -0.131. The SMILES string of the molecule is Cc1ccc(C(=O)O)cc1NC(=O)C(=O)/C=C(\O)c1cnn(C)c1. The molecule has 8 nitrogen and oxygen atoms in total. The first-order valence-corrected chi connectivity index (χ1v) is 6.87. The first kappa shape index (κ1) is 16.9. The van der Waals surface area contributed by atoms with Crippen molar-refractivity contribution in [1.82, 2.24) is 9.78 Å². The van der Waals surface area contributed by atoms with Crippen LogP contribution in [-0.2, 0) is 16.6 Å². The zero-order valence-corrected chi connectivity index (χ0v) is 13.0. The standard InChI is InChI=1S/C16H15N3O5/c1-9-3-4-10(16(23)24)5-12(9)18-15(22)14(21)6-13(20)11-7-17-19(2)8-11/h3-8,20H,1-2H3,(H,18,22)(H,23,24)/b13-6-. The van der Waals surface area contributed by atoms with Crippen LogP contribution in [0.15, 0.2) is 36.7 Å². The van der Waals surface area contributed by atoms with Gasteiger partial charge >= 0.3 is 5.97 Å². The zero-order valence-electron chi connectivity index (χ0n) is 13.0. The topological polar surface area (TPSA) is 122 Å². The number of carboxylic acid groups (broad SMARTS) is 1. The number of carbonyl (C=O) groups is 3. The average Bonchev–Trinajstić information content (AvgIpc) is 2.95. The summed E-state index contributed by atoms with van der Waals surface area (Å²) >= 11 is 0. The van der Waals surface area contributed by atoms with E-state index in [0.29, 0.717) is 11.1 Å². The molecule has 8 heteroatoms. The molecule has 0 aliphatic rings. The van der Waals surface area contributed by atoms with Gasteiger partial charge in [-0.05, 0) is 24.6 Å². The molecule has 0 radical (unpaired) electrons. The summed E-state index contributed by atoms with van der Waals surface area (Å²) in [7, 11) is 1.64. The average molecular weight is 329 g/mol. The Kier molecular flexibility index (Phi) is 4.78. The van der Waals surface area contributed by atoms with Gasteiger partial charge in [0.2, 0.25) is 5.78 Å². The molecule has 0 saturated heterocycles. The summed E-state index contributed by atoms with van der Waals surface area (Å²) in [5.74, 6) is -3.50. The van der Waals surface area contributed by atoms with E-state index >= 15 is 0 Å². The summed E-state index contributed by atoms with van der Waals surface area (Å²) in [5, 5.41) is 25.0. The van der Waals surface area contributed by atoms with Crippen molar-refractivity contribution in [3.63, 3.8) is 0 Å². The summed E-state index contributed by atoms with van der Waals surface area (Å²) < 4.78 is 1.44. The fraction of sp³-hybridized carbons (Fsp3) is 0.125. The van der Waals surface area contributed by atoms with Crippen molar-refractivity contribution in [2.24, 2.45) is 7.05 Å². The molecule has 2 rings (SSSR count). The number of aryl methyl sites for hydroxylation is 2. The number of aromatic carboxylic acids is 1. The number of nitrogens with one attached hydrogen (secondary N) is 1. The quantitative estimate of drug-likeness (QED) is 0.434. The molecule has 3 N–H and O–H groups in total. The van der Waals surface area contributed by atoms with Gasteiger partial charge in [0, 0.05) is 25.0 Å². The minimum Gasteiger partial charge on any atom is -0.507 e. The third-order valence-electron chi connectivity index (χ3n) is 3.22. The molecule has 1 amide bonds.